The average molecular weight is 552 g/mol. The van der Waals surface area contributed by atoms with Crippen LogP contribution in [0.4, 0.5) is 0 Å². The molecular weight excluding hydrogens is 474 g/mol. The number of nitrogens with one attached hydrogen (secondary N) is 1. The van der Waals surface area contributed by atoms with Gasteiger partial charge >= 0.3 is 0 Å². The van der Waals surface area contributed by atoms with Crippen LogP contribution in [0.15, 0.2) is 0 Å². The maximum absolute atomic E-state index is 3.84. The van der Waals surface area contributed by atoms with Crippen molar-refractivity contribution in [1.82, 2.24) is 15.1 Å². The molecule has 0 aromatic rings. The van der Waals surface area contributed by atoms with Gasteiger partial charge in [-0.1, -0.05) is 156 Å². The molecule has 0 atom stereocenters. The van der Waals surface area contributed by atoms with E-state index in [9.17, 15) is 0 Å². The number of hydrogen-bond donors (Lipinski definition) is 1. The molecule has 39 heavy (non-hydrogen) atoms. The fourth-order valence-corrected chi connectivity index (χ4v) is 5.73. The summed E-state index contributed by atoms with van der Waals surface area (Å²) in [5.74, 6) is 0. The topological polar surface area (TPSA) is 18.5 Å². The summed E-state index contributed by atoms with van der Waals surface area (Å²) in [5.41, 5.74) is 0. The molecule has 0 amide bonds. The van der Waals surface area contributed by atoms with E-state index in [1.54, 1.807) is 0 Å². The SMILES string of the molecule is CCCCCCCCN(CCCCCCCC)CCNCCN(CCCCCCCC)CCCCCCCC. The fourth-order valence-electron chi connectivity index (χ4n) is 5.73. The first-order valence-corrected chi connectivity index (χ1v) is 18.4. The van der Waals surface area contributed by atoms with E-state index < -0.39 is 0 Å². The second-order valence-corrected chi connectivity index (χ2v) is 12.5. The molecule has 0 aliphatic carbocycles. The molecule has 0 spiro atoms. The lowest BCUT2D eigenvalue weighted by Crippen LogP contribution is -2.38. The predicted molar refractivity (Wildman–Crippen MR) is 179 cm³/mol. The Bertz CT molecular complexity index is 358. The zero-order chi connectivity index (χ0) is 28.5. The van der Waals surface area contributed by atoms with E-state index in [4.69, 9.17) is 0 Å². The Morgan fingerprint density at radius 2 is 0.513 bits per heavy atom. The Kier molecular flexibility index (Phi) is 34.0. The van der Waals surface area contributed by atoms with Crippen LogP contribution in [0, 0.1) is 0 Å². The first kappa shape index (κ1) is 38.9. The van der Waals surface area contributed by atoms with E-state index in [0.29, 0.717) is 0 Å². The van der Waals surface area contributed by atoms with Crippen LogP contribution < -0.4 is 5.32 Å². The van der Waals surface area contributed by atoms with Gasteiger partial charge in [0.25, 0.3) is 0 Å². The van der Waals surface area contributed by atoms with Gasteiger partial charge in [0.15, 0.2) is 0 Å². The first-order valence-electron chi connectivity index (χ1n) is 18.4. The maximum atomic E-state index is 3.84. The Hall–Kier alpha value is -0.120. The standard InChI is InChI=1S/C36H77N3/c1-5-9-13-17-21-25-31-38(32-26-22-18-14-10-6-2)35-29-37-30-36-39(33-27-23-19-15-11-7-3)34-28-24-20-16-12-8-4/h37H,5-36H2,1-4H3. The van der Waals surface area contributed by atoms with Gasteiger partial charge in [-0.15, -0.1) is 0 Å². The van der Waals surface area contributed by atoms with Gasteiger partial charge in [0.05, 0.1) is 0 Å². The van der Waals surface area contributed by atoms with Gasteiger partial charge in [0.2, 0.25) is 0 Å². The molecule has 0 radical (unpaired) electrons. The van der Waals surface area contributed by atoms with Crippen molar-refractivity contribution < 1.29 is 0 Å². The molecule has 3 heteroatoms. The second-order valence-electron chi connectivity index (χ2n) is 12.5. The van der Waals surface area contributed by atoms with E-state index in [1.165, 1.54) is 193 Å². The molecule has 236 valence electrons. The quantitative estimate of drug-likeness (QED) is 0.0802. The monoisotopic (exact) mass is 552 g/mol. The van der Waals surface area contributed by atoms with Crippen LogP contribution >= 0.6 is 0 Å². The molecule has 1 N–H and O–H groups in total. The average Bonchev–Trinajstić information content (AvgIpc) is 2.95. The highest BCUT2D eigenvalue weighted by Crippen LogP contribution is 2.10. The summed E-state index contributed by atoms with van der Waals surface area (Å²) in [6.45, 7) is 19.3. The zero-order valence-corrected chi connectivity index (χ0v) is 28.0. The summed E-state index contributed by atoms with van der Waals surface area (Å²) in [6, 6.07) is 0. The lowest BCUT2D eigenvalue weighted by atomic mass is 10.1. The van der Waals surface area contributed by atoms with Crippen molar-refractivity contribution in [3.05, 3.63) is 0 Å². The van der Waals surface area contributed by atoms with Crippen molar-refractivity contribution in [2.45, 2.75) is 182 Å². The molecule has 0 heterocycles. The number of unbranched alkanes of at least 4 members (excludes halogenated alkanes) is 20. The summed E-state index contributed by atoms with van der Waals surface area (Å²) in [7, 11) is 0. The lowest BCUT2D eigenvalue weighted by Gasteiger charge is -2.24. The normalized spacial score (nSPS) is 11.8. The molecule has 0 fully saturated rings. The van der Waals surface area contributed by atoms with Crippen LogP contribution in [0.3, 0.4) is 0 Å². The van der Waals surface area contributed by atoms with E-state index in [0.717, 1.165) is 13.1 Å². The minimum absolute atomic E-state index is 1.16. The van der Waals surface area contributed by atoms with Gasteiger partial charge < -0.3 is 15.1 Å². The number of hydrogen-bond acceptors (Lipinski definition) is 3. The predicted octanol–water partition coefficient (Wildman–Crippen LogP) is 10.6. The van der Waals surface area contributed by atoms with Crippen LogP contribution in [0.5, 0.6) is 0 Å². The van der Waals surface area contributed by atoms with Crippen LogP contribution in [0.2, 0.25) is 0 Å². The summed E-state index contributed by atoms with van der Waals surface area (Å²) >= 11 is 0. The lowest BCUT2D eigenvalue weighted by molar-refractivity contribution is 0.244. The largest absolute Gasteiger partial charge is 0.314 e. The van der Waals surface area contributed by atoms with Crippen LogP contribution in [-0.2, 0) is 0 Å². The maximum Gasteiger partial charge on any atom is 0.0107 e. The van der Waals surface area contributed by atoms with Gasteiger partial charge in [-0.2, -0.15) is 0 Å². The van der Waals surface area contributed by atoms with Crippen molar-refractivity contribution in [2.75, 3.05) is 52.4 Å². The highest BCUT2D eigenvalue weighted by molar-refractivity contribution is 4.65. The second kappa shape index (κ2) is 34.1. The van der Waals surface area contributed by atoms with Crippen molar-refractivity contribution in [2.24, 2.45) is 0 Å². The van der Waals surface area contributed by atoms with Crippen molar-refractivity contribution >= 4 is 0 Å². The highest BCUT2D eigenvalue weighted by atomic mass is 15.2. The zero-order valence-electron chi connectivity index (χ0n) is 28.0. The van der Waals surface area contributed by atoms with Crippen molar-refractivity contribution in [3.8, 4) is 0 Å². The van der Waals surface area contributed by atoms with Gasteiger partial charge in [0.1, 0.15) is 0 Å². The Morgan fingerprint density at radius 3 is 0.769 bits per heavy atom. The molecule has 0 aliphatic rings. The molecular formula is C36H77N3. The van der Waals surface area contributed by atoms with Gasteiger partial charge in [-0.05, 0) is 51.9 Å². The molecule has 0 bridgehead atoms. The molecule has 0 saturated heterocycles. The smallest absolute Gasteiger partial charge is 0.0107 e. The Labute approximate surface area is 249 Å². The summed E-state index contributed by atoms with van der Waals surface area (Å²) in [5, 5.41) is 3.84. The van der Waals surface area contributed by atoms with E-state index in [1.807, 2.05) is 0 Å². The minimum Gasteiger partial charge on any atom is -0.314 e. The van der Waals surface area contributed by atoms with Crippen molar-refractivity contribution in [1.29, 1.82) is 0 Å². The molecule has 0 saturated carbocycles. The Morgan fingerprint density at radius 1 is 0.282 bits per heavy atom. The molecule has 0 rings (SSSR count). The molecule has 0 aromatic heterocycles. The highest BCUT2D eigenvalue weighted by Gasteiger charge is 2.07. The van der Waals surface area contributed by atoms with Crippen LogP contribution in [0.1, 0.15) is 182 Å². The third kappa shape index (κ3) is 30.7. The summed E-state index contributed by atoms with van der Waals surface area (Å²) in [4.78, 5) is 5.55. The number of rotatable bonds is 34. The summed E-state index contributed by atoms with van der Waals surface area (Å²) in [6.07, 6.45) is 33.8. The third-order valence-electron chi connectivity index (χ3n) is 8.52. The van der Waals surface area contributed by atoms with Crippen molar-refractivity contribution in [3.63, 3.8) is 0 Å². The van der Waals surface area contributed by atoms with Crippen LogP contribution in [-0.4, -0.2) is 62.2 Å². The van der Waals surface area contributed by atoms with Crippen LogP contribution in [0.25, 0.3) is 0 Å². The molecule has 0 aliphatic heterocycles. The molecule has 0 unspecified atom stereocenters. The summed E-state index contributed by atoms with van der Waals surface area (Å²) < 4.78 is 0. The minimum atomic E-state index is 1.16. The van der Waals surface area contributed by atoms with Gasteiger partial charge in [-0.25, -0.2) is 0 Å². The third-order valence-corrected chi connectivity index (χ3v) is 8.52. The molecule has 3 nitrogen and oxygen atoms in total. The molecule has 0 aromatic carbocycles. The number of nitrogens with zero attached hydrogens (tertiary/aromatic N) is 2. The van der Waals surface area contributed by atoms with E-state index in [-0.39, 0.29) is 0 Å². The Balaban J connectivity index is 4.30. The fraction of sp³-hybridized carbons (Fsp3) is 1.00. The van der Waals surface area contributed by atoms with E-state index >= 15 is 0 Å². The van der Waals surface area contributed by atoms with Gasteiger partial charge in [0, 0.05) is 26.2 Å². The van der Waals surface area contributed by atoms with Gasteiger partial charge in [-0.3, -0.25) is 0 Å². The first-order chi connectivity index (χ1) is 19.3. The van der Waals surface area contributed by atoms with E-state index in [2.05, 4.69) is 42.8 Å².